The van der Waals surface area contributed by atoms with Gasteiger partial charge in [0.1, 0.15) is 5.82 Å². The van der Waals surface area contributed by atoms with Crippen molar-refractivity contribution in [2.75, 3.05) is 17.6 Å². The van der Waals surface area contributed by atoms with Gasteiger partial charge in [0.2, 0.25) is 0 Å². The monoisotopic (exact) mass is 434 g/mol. The molecule has 0 aliphatic carbocycles. The number of benzene rings is 1. The number of anilines is 1. The lowest BCUT2D eigenvalue weighted by Gasteiger charge is -2.12. The Kier molecular flexibility index (Phi) is 7.20. The summed E-state index contributed by atoms with van der Waals surface area (Å²) in [5.41, 5.74) is 0.733. The molecule has 3 rings (SSSR count). The van der Waals surface area contributed by atoms with Crippen LogP contribution in [0, 0.1) is 11.6 Å². The fraction of sp³-hybridized carbons (Fsp3) is 0.400. The van der Waals surface area contributed by atoms with E-state index in [0.717, 1.165) is 35.5 Å². The van der Waals surface area contributed by atoms with E-state index in [1.807, 2.05) is 13.8 Å². The van der Waals surface area contributed by atoms with Crippen molar-refractivity contribution in [3.63, 3.8) is 0 Å². The minimum absolute atomic E-state index is 0.0585. The molecule has 0 spiro atoms. The third-order valence-corrected chi connectivity index (χ3v) is 5.18. The summed E-state index contributed by atoms with van der Waals surface area (Å²) in [4.78, 5) is 21.4. The highest BCUT2D eigenvalue weighted by Crippen LogP contribution is 2.25. The number of rotatable bonds is 9. The molecular weight excluding hydrogens is 410 g/mol. The number of hydrogen-bond donors (Lipinski definition) is 2. The van der Waals surface area contributed by atoms with Crippen molar-refractivity contribution in [3.05, 3.63) is 41.6 Å². The van der Waals surface area contributed by atoms with E-state index in [4.69, 9.17) is 0 Å². The maximum Gasteiger partial charge on any atom is 0.251 e. The first-order valence-electron chi connectivity index (χ1n) is 9.75. The molecule has 3 aromatic rings. The molecule has 0 aliphatic rings. The van der Waals surface area contributed by atoms with Crippen LogP contribution in [0.3, 0.4) is 0 Å². The van der Waals surface area contributed by atoms with Gasteiger partial charge in [-0.1, -0.05) is 18.7 Å². The van der Waals surface area contributed by atoms with E-state index in [1.165, 1.54) is 6.07 Å². The number of nitrogens with zero attached hydrogens (tertiary/aromatic N) is 4. The minimum Gasteiger partial charge on any atom is -0.367 e. The van der Waals surface area contributed by atoms with Crippen LogP contribution in [0.1, 0.15) is 37.6 Å². The number of carbonyl (C=O) groups excluding carboxylic acids is 1. The maximum atomic E-state index is 13.3. The number of halogens is 2. The van der Waals surface area contributed by atoms with Crippen LogP contribution in [0.25, 0.3) is 11.0 Å². The van der Waals surface area contributed by atoms with Gasteiger partial charge >= 0.3 is 0 Å². The Morgan fingerprint density at radius 3 is 2.73 bits per heavy atom. The van der Waals surface area contributed by atoms with E-state index >= 15 is 0 Å². The first kappa shape index (κ1) is 21.9. The third-order valence-electron chi connectivity index (χ3n) is 4.13. The Labute approximate surface area is 177 Å². The summed E-state index contributed by atoms with van der Waals surface area (Å²) < 4.78 is 28.1. The molecule has 2 aromatic heterocycles. The molecule has 0 aliphatic heterocycles. The normalized spacial score (nSPS) is 11.3. The molecule has 0 atom stereocenters. The van der Waals surface area contributed by atoms with E-state index in [0.29, 0.717) is 17.3 Å². The molecule has 0 bridgehead atoms. The van der Waals surface area contributed by atoms with Gasteiger partial charge in [0, 0.05) is 23.9 Å². The van der Waals surface area contributed by atoms with E-state index in [9.17, 15) is 13.6 Å². The van der Waals surface area contributed by atoms with Gasteiger partial charge in [-0.05, 0) is 38.5 Å². The predicted octanol–water partition coefficient (Wildman–Crippen LogP) is 3.86. The van der Waals surface area contributed by atoms with Gasteiger partial charge in [-0.2, -0.15) is 5.10 Å². The first-order valence-corrected chi connectivity index (χ1v) is 10.7. The maximum absolute atomic E-state index is 13.3. The summed E-state index contributed by atoms with van der Waals surface area (Å²) in [7, 11) is 0. The van der Waals surface area contributed by atoms with Crippen LogP contribution in [-0.2, 0) is 6.54 Å². The molecule has 0 saturated heterocycles. The number of aromatic nitrogens is 4. The van der Waals surface area contributed by atoms with Gasteiger partial charge in [-0.15, -0.1) is 0 Å². The van der Waals surface area contributed by atoms with Crippen molar-refractivity contribution in [2.24, 2.45) is 0 Å². The molecule has 0 saturated carbocycles. The Morgan fingerprint density at radius 2 is 2.03 bits per heavy atom. The standard InChI is InChI=1S/C20H24F2N6OS/c1-4-9-30-20-26-17(25-12(2)3)14-11-24-28(18(14)27-20)8-7-23-19(29)13-5-6-15(21)16(22)10-13/h5-6,10-12H,4,7-9H2,1-3H3,(H,23,29)(H,25,26,27). The van der Waals surface area contributed by atoms with Gasteiger partial charge in [0.25, 0.3) is 5.91 Å². The molecule has 0 unspecified atom stereocenters. The summed E-state index contributed by atoms with van der Waals surface area (Å²) in [5.74, 6) is -0.894. The third kappa shape index (κ3) is 5.24. The first-order chi connectivity index (χ1) is 14.4. The van der Waals surface area contributed by atoms with E-state index in [-0.39, 0.29) is 18.2 Å². The lowest BCUT2D eigenvalue weighted by Crippen LogP contribution is -2.27. The van der Waals surface area contributed by atoms with Gasteiger partial charge < -0.3 is 10.6 Å². The fourth-order valence-corrected chi connectivity index (χ4v) is 3.45. The van der Waals surface area contributed by atoms with Crippen molar-refractivity contribution in [1.29, 1.82) is 0 Å². The topological polar surface area (TPSA) is 84.7 Å². The van der Waals surface area contributed by atoms with E-state index in [2.05, 4.69) is 32.6 Å². The van der Waals surface area contributed by atoms with Crippen LogP contribution >= 0.6 is 11.8 Å². The van der Waals surface area contributed by atoms with Crippen LogP contribution in [0.15, 0.2) is 29.6 Å². The smallest absolute Gasteiger partial charge is 0.251 e. The number of hydrogen-bond acceptors (Lipinski definition) is 6. The molecule has 1 amide bonds. The highest BCUT2D eigenvalue weighted by Gasteiger charge is 2.15. The van der Waals surface area contributed by atoms with Crippen molar-refractivity contribution in [1.82, 2.24) is 25.1 Å². The Bertz CT molecular complexity index is 1040. The Balaban J connectivity index is 1.75. The lowest BCUT2D eigenvalue weighted by molar-refractivity contribution is 0.0951. The minimum atomic E-state index is -1.06. The molecule has 10 heteroatoms. The number of thioether (sulfide) groups is 1. The van der Waals surface area contributed by atoms with Crippen molar-refractivity contribution in [3.8, 4) is 0 Å². The summed E-state index contributed by atoms with van der Waals surface area (Å²) in [6.07, 6.45) is 2.71. The average molecular weight is 435 g/mol. The van der Waals surface area contributed by atoms with Crippen LogP contribution in [0.5, 0.6) is 0 Å². The molecule has 0 radical (unpaired) electrons. The zero-order valence-electron chi connectivity index (χ0n) is 17.1. The van der Waals surface area contributed by atoms with Gasteiger partial charge in [-0.3, -0.25) is 4.79 Å². The molecular formula is C20H24F2N6OS. The largest absolute Gasteiger partial charge is 0.367 e. The lowest BCUT2D eigenvalue weighted by atomic mass is 10.2. The molecule has 2 N–H and O–H groups in total. The highest BCUT2D eigenvalue weighted by molar-refractivity contribution is 7.99. The van der Waals surface area contributed by atoms with E-state index < -0.39 is 17.5 Å². The molecule has 0 fully saturated rings. The Morgan fingerprint density at radius 1 is 1.23 bits per heavy atom. The van der Waals surface area contributed by atoms with Crippen molar-refractivity contribution in [2.45, 2.75) is 44.9 Å². The molecule has 160 valence electrons. The van der Waals surface area contributed by atoms with E-state index in [1.54, 1.807) is 22.6 Å². The van der Waals surface area contributed by atoms with Gasteiger partial charge in [-0.25, -0.2) is 23.4 Å². The second-order valence-electron chi connectivity index (χ2n) is 6.99. The quantitative estimate of drug-likeness (QED) is 0.393. The second kappa shape index (κ2) is 9.84. The molecule has 30 heavy (non-hydrogen) atoms. The SMILES string of the molecule is CCCSc1nc(NC(C)C)c2cnn(CCNC(=O)c3ccc(F)c(F)c3)c2n1. The van der Waals surface area contributed by atoms with Gasteiger partial charge in [0.05, 0.1) is 18.1 Å². The zero-order valence-corrected chi connectivity index (χ0v) is 17.9. The number of amides is 1. The van der Waals surface area contributed by atoms with Crippen LogP contribution in [-0.4, -0.2) is 44.0 Å². The van der Waals surface area contributed by atoms with Crippen molar-refractivity contribution >= 4 is 34.5 Å². The van der Waals surface area contributed by atoms with Crippen molar-refractivity contribution < 1.29 is 13.6 Å². The van der Waals surface area contributed by atoms with Crippen LogP contribution in [0.2, 0.25) is 0 Å². The summed E-state index contributed by atoms with van der Waals surface area (Å²) >= 11 is 1.58. The average Bonchev–Trinajstić information content (AvgIpc) is 3.11. The summed E-state index contributed by atoms with van der Waals surface area (Å²) in [6.45, 7) is 6.78. The second-order valence-corrected chi connectivity index (χ2v) is 8.05. The summed E-state index contributed by atoms with van der Waals surface area (Å²) in [5, 5.41) is 11.9. The number of nitrogens with one attached hydrogen (secondary N) is 2. The molecule has 1 aromatic carbocycles. The summed E-state index contributed by atoms with van der Waals surface area (Å²) in [6, 6.07) is 3.25. The molecule has 7 nitrogen and oxygen atoms in total. The van der Waals surface area contributed by atoms with Gasteiger partial charge in [0.15, 0.2) is 22.4 Å². The Hall–Kier alpha value is -2.75. The zero-order chi connectivity index (χ0) is 21.7. The predicted molar refractivity (Wildman–Crippen MR) is 114 cm³/mol. The highest BCUT2D eigenvalue weighted by atomic mass is 32.2. The van der Waals surface area contributed by atoms with Crippen LogP contribution in [0.4, 0.5) is 14.6 Å². The number of carbonyl (C=O) groups is 1. The molecule has 2 heterocycles. The van der Waals surface area contributed by atoms with Crippen LogP contribution < -0.4 is 10.6 Å². The fourth-order valence-electron chi connectivity index (χ4n) is 2.76. The number of fused-ring (bicyclic) bond motifs is 1.